The molecule has 0 saturated carbocycles. The number of aryl methyl sites for hydroxylation is 1. The highest BCUT2D eigenvalue weighted by Crippen LogP contribution is 2.39. The van der Waals surface area contributed by atoms with E-state index in [0.717, 1.165) is 18.9 Å². The highest BCUT2D eigenvalue weighted by Gasteiger charge is 2.25. The molecular formula is C17H16ClFN4O. The third-order valence-electron chi connectivity index (χ3n) is 4.23. The summed E-state index contributed by atoms with van der Waals surface area (Å²) in [7, 11) is 0. The summed E-state index contributed by atoms with van der Waals surface area (Å²) in [6, 6.07) is 4.72. The van der Waals surface area contributed by atoms with Crippen LogP contribution in [0.1, 0.15) is 5.69 Å². The SMILES string of the molecule is Cc1nc2nccn2c(N2CCOCC2)c1-c1c(F)cccc1Cl. The molecule has 0 unspecified atom stereocenters. The minimum Gasteiger partial charge on any atom is -0.378 e. The molecule has 24 heavy (non-hydrogen) atoms. The Morgan fingerprint density at radius 2 is 2.00 bits per heavy atom. The Morgan fingerprint density at radius 3 is 2.75 bits per heavy atom. The third kappa shape index (κ3) is 2.42. The Kier molecular flexibility index (Phi) is 3.86. The van der Waals surface area contributed by atoms with Gasteiger partial charge in [0, 0.05) is 36.6 Å². The molecule has 0 radical (unpaired) electrons. The lowest BCUT2D eigenvalue weighted by atomic mass is 10.0. The molecule has 0 bridgehead atoms. The second kappa shape index (κ2) is 6.03. The summed E-state index contributed by atoms with van der Waals surface area (Å²) in [5.41, 5.74) is 1.77. The molecule has 1 aromatic carbocycles. The van der Waals surface area contributed by atoms with Crippen LogP contribution in [0.3, 0.4) is 0 Å². The molecule has 0 atom stereocenters. The fraction of sp³-hybridized carbons (Fsp3) is 0.294. The van der Waals surface area contributed by atoms with Gasteiger partial charge in [0.05, 0.1) is 23.9 Å². The van der Waals surface area contributed by atoms with Crippen molar-refractivity contribution >= 4 is 23.2 Å². The average molecular weight is 347 g/mol. The number of morpholine rings is 1. The standard InChI is InChI=1S/C17H16ClFN4O/c1-11-14(15-12(18)3-2-4-13(15)19)16(22-7-9-24-10-8-22)23-6-5-20-17(23)21-11/h2-6H,7-10H2,1H3. The topological polar surface area (TPSA) is 42.7 Å². The van der Waals surface area contributed by atoms with Gasteiger partial charge in [0.1, 0.15) is 11.6 Å². The van der Waals surface area contributed by atoms with Crippen molar-refractivity contribution in [3.63, 3.8) is 0 Å². The second-order valence-corrected chi connectivity index (χ2v) is 6.10. The lowest BCUT2D eigenvalue weighted by Crippen LogP contribution is -2.38. The maximum atomic E-state index is 14.6. The summed E-state index contributed by atoms with van der Waals surface area (Å²) >= 11 is 6.34. The minimum absolute atomic E-state index is 0.360. The molecular weight excluding hydrogens is 331 g/mol. The zero-order valence-electron chi connectivity index (χ0n) is 13.2. The number of hydrogen-bond donors (Lipinski definition) is 0. The molecule has 1 aliphatic heterocycles. The number of hydrogen-bond acceptors (Lipinski definition) is 4. The van der Waals surface area contributed by atoms with Crippen LogP contribution in [0.15, 0.2) is 30.6 Å². The number of anilines is 1. The van der Waals surface area contributed by atoms with Crippen LogP contribution in [0.5, 0.6) is 0 Å². The van der Waals surface area contributed by atoms with Gasteiger partial charge in [0.2, 0.25) is 5.78 Å². The number of fused-ring (bicyclic) bond motifs is 1. The Morgan fingerprint density at radius 1 is 1.21 bits per heavy atom. The molecule has 1 saturated heterocycles. The molecule has 7 heteroatoms. The number of rotatable bonds is 2. The maximum absolute atomic E-state index is 14.6. The summed E-state index contributed by atoms with van der Waals surface area (Å²) in [4.78, 5) is 11.0. The monoisotopic (exact) mass is 346 g/mol. The van der Waals surface area contributed by atoms with Crippen molar-refractivity contribution in [1.29, 1.82) is 0 Å². The van der Waals surface area contributed by atoms with Gasteiger partial charge in [-0.1, -0.05) is 17.7 Å². The average Bonchev–Trinajstić information content (AvgIpc) is 3.03. The van der Waals surface area contributed by atoms with Gasteiger partial charge in [-0.3, -0.25) is 4.40 Å². The van der Waals surface area contributed by atoms with Gasteiger partial charge < -0.3 is 9.64 Å². The van der Waals surface area contributed by atoms with Crippen LogP contribution in [0.4, 0.5) is 10.2 Å². The molecule has 4 rings (SSSR count). The molecule has 0 N–H and O–H groups in total. The normalized spacial score (nSPS) is 15.2. The number of nitrogens with zero attached hydrogens (tertiary/aromatic N) is 4. The van der Waals surface area contributed by atoms with Crippen molar-refractivity contribution in [2.24, 2.45) is 0 Å². The molecule has 1 fully saturated rings. The van der Waals surface area contributed by atoms with Crippen molar-refractivity contribution in [3.8, 4) is 11.1 Å². The number of benzene rings is 1. The van der Waals surface area contributed by atoms with Crippen LogP contribution < -0.4 is 4.90 Å². The summed E-state index contributed by atoms with van der Waals surface area (Å²) < 4.78 is 22.0. The van der Waals surface area contributed by atoms with E-state index in [4.69, 9.17) is 16.3 Å². The van der Waals surface area contributed by atoms with Crippen LogP contribution >= 0.6 is 11.6 Å². The Hall–Kier alpha value is -2.18. The number of ether oxygens (including phenoxy) is 1. The summed E-state index contributed by atoms with van der Waals surface area (Å²) in [6.07, 6.45) is 3.53. The van der Waals surface area contributed by atoms with E-state index in [0.29, 0.717) is 40.8 Å². The Balaban J connectivity index is 2.05. The van der Waals surface area contributed by atoms with Gasteiger partial charge in [-0.25, -0.2) is 14.4 Å². The van der Waals surface area contributed by atoms with Crippen molar-refractivity contribution in [2.75, 3.05) is 31.2 Å². The van der Waals surface area contributed by atoms with E-state index in [2.05, 4.69) is 14.9 Å². The highest BCUT2D eigenvalue weighted by atomic mass is 35.5. The Bertz CT molecular complexity index is 885. The molecule has 3 heterocycles. The predicted octanol–water partition coefficient (Wildman–Crippen LogP) is 3.33. The maximum Gasteiger partial charge on any atom is 0.235 e. The van der Waals surface area contributed by atoms with Crippen molar-refractivity contribution in [1.82, 2.24) is 14.4 Å². The van der Waals surface area contributed by atoms with Gasteiger partial charge in [0.25, 0.3) is 0 Å². The molecule has 5 nitrogen and oxygen atoms in total. The van der Waals surface area contributed by atoms with E-state index in [-0.39, 0.29) is 5.82 Å². The van der Waals surface area contributed by atoms with Crippen molar-refractivity contribution in [3.05, 3.63) is 47.1 Å². The molecule has 124 valence electrons. The van der Waals surface area contributed by atoms with Crippen LogP contribution in [0, 0.1) is 12.7 Å². The van der Waals surface area contributed by atoms with Crippen LogP contribution in [-0.2, 0) is 4.74 Å². The van der Waals surface area contributed by atoms with E-state index in [9.17, 15) is 4.39 Å². The second-order valence-electron chi connectivity index (χ2n) is 5.69. The summed E-state index contributed by atoms with van der Waals surface area (Å²) in [6.45, 7) is 4.55. The van der Waals surface area contributed by atoms with E-state index in [1.165, 1.54) is 6.07 Å². The van der Waals surface area contributed by atoms with Gasteiger partial charge in [0.15, 0.2) is 0 Å². The van der Waals surface area contributed by atoms with E-state index >= 15 is 0 Å². The molecule has 1 aliphatic rings. The lowest BCUT2D eigenvalue weighted by molar-refractivity contribution is 0.122. The first-order valence-corrected chi connectivity index (χ1v) is 8.15. The lowest BCUT2D eigenvalue weighted by Gasteiger charge is -2.31. The van der Waals surface area contributed by atoms with Crippen LogP contribution in [0.2, 0.25) is 5.02 Å². The third-order valence-corrected chi connectivity index (χ3v) is 4.54. The van der Waals surface area contributed by atoms with E-state index < -0.39 is 0 Å². The summed E-state index contributed by atoms with van der Waals surface area (Å²) in [5.74, 6) is 1.08. The molecule has 0 spiro atoms. The molecule has 2 aromatic heterocycles. The first-order valence-electron chi connectivity index (χ1n) is 7.77. The summed E-state index contributed by atoms with van der Waals surface area (Å²) in [5, 5.41) is 0.369. The van der Waals surface area contributed by atoms with E-state index in [1.807, 2.05) is 17.5 Å². The highest BCUT2D eigenvalue weighted by molar-refractivity contribution is 6.33. The first kappa shape index (κ1) is 15.4. The van der Waals surface area contributed by atoms with Gasteiger partial charge in [-0.15, -0.1) is 0 Å². The largest absolute Gasteiger partial charge is 0.378 e. The number of aromatic nitrogens is 3. The first-order chi connectivity index (χ1) is 11.7. The number of imidazole rings is 1. The molecule has 3 aromatic rings. The van der Waals surface area contributed by atoms with Gasteiger partial charge in [-0.05, 0) is 19.1 Å². The predicted molar refractivity (Wildman–Crippen MR) is 91.2 cm³/mol. The fourth-order valence-corrected chi connectivity index (χ4v) is 3.40. The smallest absolute Gasteiger partial charge is 0.235 e. The minimum atomic E-state index is -0.360. The van der Waals surface area contributed by atoms with Gasteiger partial charge in [-0.2, -0.15) is 0 Å². The Labute approximate surface area is 143 Å². The molecule has 0 aliphatic carbocycles. The zero-order chi connectivity index (χ0) is 16.7. The van der Waals surface area contributed by atoms with E-state index in [1.54, 1.807) is 18.3 Å². The zero-order valence-corrected chi connectivity index (χ0v) is 13.9. The van der Waals surface area contributed by atoms with Crippen LogP contribution in [-0.4, -0.2) is 40.7 Å². The van der Waals surface area contributed by atoms with Gasteiger partial charge >= 0.3 is 0 Å². The van der Waals surface area contributed by atoms with Crippen LogP contribution in [0.25, 0.3) is 16.9 Å². The number of halogens is 2. The molecule has 0 amide bonds. The van der Waals surface area contributed by atoms with Crippen molar-refractivity contribution < 1.29 is 9.13 Å². The van der Waals surface area contributed by atoms with Crippen molar-refractivity contribution in [2.45, 2.75) is 6.92 Å². The fourth-order valence-electron chi connectivity index (χ4n) is 3.15. The quantitative estimate of drug-likeness (QED) is 0.714.